The van der Waals surface area contributed by atoms with Crippen LogP contribution in [0.1, 0.15) is 0 Å². The molecule has 0 saturated carbocycles. The number of nitrogens with zero attached hydrogens (tertiary/aromatic N) is 2. The molecule has 178 valence electrons. The maximum absolute atomic E-state index is 13.1. The largest absolute Gasteiger partial charge is 0.347 e. The summed E-state index contributed by atoms with van der Waals surface area (Å²) in [7, 11) is -3.58. The summed E-state index contributed by atoms with van der Waals surface area (Å²) in [6.45, 7) is 2.60. The van der Waals surface area contributed by atoms with Crippen LogP contribution in [0.3, 0.4) is 0 Å². The summed E-state index contributed by atoms with van der Waals surface area (Å²) in [5, 5.41) is 7.52. The van der Waals surface area contributed by atoms with Gasteiger partial charge in [0.2, 0.25) is 10.0 Å². The molecule has 1 aliphatic heterocycles. The van der Waals surface area contributed by atoms with E-state index in [0.717, 1.165) is 10.8 Å². The summed E-state index contributed by atoms with van der Waals surface area (Å²) in [4.78, 5) is 26.4. The molecular formula is C24H25ClN4O4S. The van der Waals surface area contributed by atoms with Gasteiger partial charge in [0.15, 0.2) is 0 Å². The predicted octanol–water partition coefficient (Wildman–Crippen LogP) is 2.55. The van der Waals surface area contributed by atoms with Crippen molar-refractivity contribution in [2.45, 2.75) is 4.90 Å². The van der Waals surface area contributed by atoms with Crippen molar-refractivity contribution in [3.05, 3.63) is 71.8 Å². The van der Waals surface area contributed by atoms with Crippen LogP contribution >= 0.6 is 11.6 Å². The van der Waals surface area contributed by atoms with Gasteiger partial charge in [-0.2, -0.15) is 4.31 Å². The Morgan fingerprint density at radius 2 is 1.53 bits per heavy atom. The van der Waals surface area contributed by atoms with Gasteiger partial charge in [-0.3, -0.25) is 14.5 Å². The van der Waals surface area contributed by atoms with Gasteiger partial charge in [0.1, 0.15) is 0 Å². The van der Waals surface area contributed by atoms with Crippen LogP contribution in [0.25, 0.3) is 10.8 Å². The van der Waals surface area contributed by atoms with Crippen molar-refractivity contribution >= 4 is 49.9 Å². The number of nitrogens with one attached hydrogen (secondary N) is 2. The van der Waals surface area contributed by atoms with Crippen molar-refractivity contribution in [2.75, 3.05) is 44.6 Å². The van der Waals surface area contributed by atoms with Crippen molar-refractivity contribution in [1.82, 2.24) is 14.5 Å². The van der Waals surface area contributed by atoms with Crippen molar-refractivity contribution < 1.29 is 18.0 Å². The van der Waals surface area contributed by atoms with Crippen LogP contribution < -0.4 is 10.6 Å². The third-order valence-corrected chi connectivity index (χ3v) is 7.86. The highest BCUT2D eigenvalue weighted by Gasteiger charge is 2.28. The third kappa shape index (κ3) is 5.74. The highest BCUT2D eigenvalue weighted by Crippen LogP contribution is 2.22. The molecule has 34 heavy (non-hydrogen) atoms. The second kappa shape index (κ2) is 10.5. The standard InChI is InChI=1S/C24H25ClN4O4S/c25-20-6-8-21(9-7-20)27-24(31)23(30)26-11-12-28-13-15-29(16-14-28)34(32,33)22-10-5-18-3-1-2-4-19(18)17-22/h1-10,17H,11-16H2,(H,26,30)(H,27,31). The topological polar surface area (TPSA) is 98.8 Å². The molecule has 8 nitrogen and oxygen atoms in total. The van der Waals surface area contributed by atoms with E-state index in [1.807, 2.05) is 30.3 Å². The predicted molar refractivity (Wildman–Crippen MR) is 132 cm³/mol. The molecule has 1 fully saturated rings. The third-order valence-electron chi connectivity index (χ3n) is 5.71. The Hall–Kier alpha value is -2.98. The molecule has 3 aromatic carbocycles. The summed E-state index contributed by atoms with van der Waals surface area (Å²) < 4.78 is 27.7. The van der Waals surface area contributed by atoms with Crippen LogP contribution in [-0.2, 0) is 19.6 Å². The number of carbonyl (C=O) groups excluding carboxylic acids is 2. The fourth-order valence-electron chi connectivity index (χ4n) is 3.80. The van der Waals surface area contributed by atoms with E-state index in [2.05, 4.69) is 15.5 Å². The summed E-state index contributed by atoms with van der Waals surface area (Å²) >= 11 is 5.81. The maximum Gasteiger partial charge on any atom is 0.313 e. The lowest BCUT2D eigenvalue weighted by Crippen LogP contribution is -2.50. The SMILES string of the molecule is O=C(NCCN1CCN(S(=O)(=O)c2ccc3ccccc3c2)CC1)C(=O)Nc1ccc(Cl)cc1. The summed E-state index contributed by atoms with van der Waals surface area (Å²) in [6.07, 6.45) is 0. The Labute approximate surface area is 203 Å². The molecule has 1 saturated heterocycles. The fraction of sp³-hybridized carbons (Fsp3) is 0.250. The zero-order chi connectivity index (χ0) is 24.1. The van der Waals surface area contributed by atoms with Crippen LogP contribution in [0.15, 0.2) is 71.6 Å². The minimum atomic E-state index is -3.58. The molecular weight excluding hydrogens is 476 g/mol. The molecule has 0 spiro atoms. The van der Waals surface area contributed by atoms with Gasteiger partial charge in [0.05, 0.1) is 4.90 Å². The Morgan fingerprint density at radius 1 is 0.853 bits per heavy atom. The van der Waals surface area contributed by atoms with Crippen molar-refractivity contribution in [1.29, 1.82) is 0 Å². The highest BCUT2D eigenvalue weighted by molar-refractivity contribution is 7.89. The minimum absolute atomic E-state index is 0.282. The number of piperazine rings is 1. The van der Waals surface area contributed by atoms with E-state index in [9.17, 15) is 18.0 Å². The number of sulfonamides is 1. The molecule has 1 heterocycles. The number of hydrogen-bond acceptors (Lipinski definition) is 5. The molecule has 1 aliphatic rings. The average Bonchev–Trinajstić information content (AvgIpc) is 2.85. The second-order valence-corrected chi connectivity index (χ2v) is 10.3. The second-order valence-electron chi connectivity index (χ2n) is 7.97. The summed E-state index contributed by atoms with van der Waals surface area (Å²) in [5.41, 5.74) is 0.480. The molecule has 10 heteroatoms. The van der Waals surface area contributed by atoms with E-state index < -0.39 is 21.8 Å². The number of fused-ring (bicyclic) bond motifs is 1. The monoisotopic (exact) mass is 500 g/mol. The maximum atomic E-state index is 13.1. The Morgan fingerprint density at radius 3 is 2.24 bits per heavy atom. The molecule has 0 radical (unpaired) electrons. The Bertz CT molecular complexity index is 1290. The van der Waals surface area contributed by atoms with Gasteiger partial charge in [0.25, 0.3) is 0 Å². The van der Waals surface area contributed by atoms with E-state index in [1.165, 1.54) is 4.31 Å². The molecule has 0 aliphatic carbocycles. The van der Waals surface area contributed by atoms with Crippen molar-refractivity contribution in [3.8, 4) is 0 Å². The van der Waals surface area contributed by atoms with E-state index in [4.69, 9.17) is 11.6 Å². The van der Waals surface area contributed by atoms with Crippen LogP contribution in [0.4, 0.5) is 5.69 Å². The number of hydrogen-bond donors (Lipinski definition) is 2. The fourth-order valence-corrected chi connectivity index (χ4v) is 5.38. The van der Waals surface area contributed by atoms with Gasteiger partial charge in [-0.15, -0.1) is 0 Å². The van der Waals surface area contributed by atoms with Crippen LogP contribution in [0.5, 0.6) is 0 Å². The quantitative estimate of drug-likeness (QED) is 0.507. The van der Waals surface area contributed by atoms with Crippen molar-refractivity contribution in [2.24, 2.45) is 0 Å². The van der Waals surface area contributed by atoms with Crippen LogP contribution in [0.2, 0.25) is 5.02 Å². The minimum Gasteiger partial charge on any atom is -0.347 e. The zero-order valence-corrected chi connectivity index (χ0v) is 20.0. The van der Waals surface area contributed by atoms with Gasteiger partial charge in [0, 0.05) is 50.0 Å². The first-order valence-corrected chi connectivity index (χ1v) is 12.7. The van der Waals surface area contributed by atoms with E-state index in [1.54, 1.807) is 36.4 Å². The van der Waals surface area contributed by atoms with Gasteiger partial charge in [-0.1, -0.05) is 41.9 Å². The van der Waals surface area contributed by atoms with Gasteiger partial charge >= 0.3 is 11.8 Å². The molecule has 4 rings (SSSR count). The number of benzene rings is 3. The zero-order valence-electron chi connectivity index (χ0n) is 18.4. The number of carbonyl (C=O) groups is 2. The van der Waals surface area contributed by atoms with Gasteiger partial charge < -0.3 is 10.6 Å². The first-order chi connectivity index (χ1) is 16.3. The Kier molecular flexibility index (Phi) is 7.47. The molecule has 3 aromatic rings. The van der Waals surface area contributed by atoms with E-state index in [0.29, 0.717) is 48.3 Å². The number of anilines is 1. The molecule has 0 atom stereocenters. The molecule has 0 unspecified atom stereocenters. The highest BCUT2D eigenvalue weighted by atomic mass is 35.5. The molecule has 2 N–H and O–H groups in total. The van der Waals surface area contributed by atoms with Crippen LogP contribution in [-0.4, -0.2) is 68.7 Å². The molecule has 0 bridgehead atoms. The summed E-state index contributed by atoms with van der Waals surface area (Å²) in [5.74, 6) is -1.49. The number of halogens is 1. The van der Waals surface area contributed by atoms with E-state index in [-0.39, 0.29) is 6.54 Å². The average molecular weight is 501 g/mol. The Balaban J connectivity index is 1.23. The lowest BCUT2D eigenvalue weighted by atomic mass is 10.1. The van der Waals surface area contributed by atoms with Crippen molar-refractivity contribution in [3.63, 3.8) is 0 Å². The number of amides is 2. The molecule has 2 amide bonds. The number of rotatable bonds is 6. The van der Waals surface area contributed by atoms with Crippen LogP contribution in [0, 0.1) is 0 Å². The first kappa shape index (κ1) is 24.2. The lowest BCUT2D eigenvalue weighted by Gasteiger charge is -2.34. The molecule has 0 aromatic heterocycles. The smallest absolute Gasteiger partial charge is 0.313 e. The first-order valence-electron chi connectivity index (χ1n) is 10.9. The lowest BCUT2D eigenvalue weighted by molar-refractivity contribution is -0.136. The van der Waals surface area contributed by atoms with Gasteiger partial charge in [-0.25, -0.2) is 8.42 Å². The normalized spacial score (nSPS) is 15.2. The summed E-state index contributed by atoms with van der Waals surface area (Å²) in [6, 6.07) is 19.3. The van der Waals surface area contributed by atoms with E-state index >= 15 is 0 Å². The van der Waals surface area contributed by atoms with Gasteiger partial charge in [-0.05, 0) is 47.2 Å².